The number of nitrogens with one attached hydrogen (secondary N) is 2. The number of carbonyl (C=O) groups is 2. The molecule has 0 unspecified atom stereocenters. The van der Waals surface area contributed by atoms with Gasteiger partial charge in [-0.25, -0.2) is 4.98 Å². The van der Waals surface area contributed by atoms with Gasteiger partial charge in [-0.1, -0.05) is 29.3 Å². The molecule has 1 aliphatic heterocycles. The summed E-state index contributed by atoms with van der Waals surface area (Å²) in [7, 11) is 0. The number of amides is 2. The van der Waals surface area contributed by atoms with Crippen molar-refractivity contribution in [2.45, 2.75) is 19.8 Å². The van der Waals surface area contributed by atoms with Gasteiger partial charge in [0.05, 0.1) is 11.6 Å². The number of benzene rings is 1. The molecule has 0 radical (unpaired) electrons. The minimum absolute atomic E-state index is 0.0479. The Bertz CT molecular complexity index is 850. The van der Waals surface area contributed by atoms with E-state index in [-0.39, 0.29) is 17.7 Å². The molecule has 0 bridgehead atoms. The van der Waals surface area contributed by atoms with Crippen molar-refractivity contribution in [1.82, 2.24) is 9.88 Å². The molecule has 2 N–H and O–H groups in total. The Labute approximate surface area is 174 Å². The second-order valence-electron chi connectivity index (χ2n) is 6.91. The van der Waals surface area contributed by atoms with E-state index in [2.05, 4.69) is 20.5 Å². The zero-order chi connectivity index (χ0) is 20.1. The standard InChI is InChI=1S/C20H22Cl2N4O2/c1-13-2-4-16(10-17(13)22)24-19(27)12-26-8-6-14(7-9-26)20(28)25-18-5-3-15(21)11-23-18/h2-5,10-11,14H,6-9,12H2,1H3,(H,24,27)(H,23,25,28). The zero-order valence-corrected chi connectivity index (χ0v) is 17.1. The fourth-order valence-electron chi connectivity index (χ4n) is 3.11. The number of rotatable bonds is 5. The summed E-state index contributed by atoms with van der Waals surface area (Å²) in [6, 6.07) is 8.82. The van der Waals surface area contributed by atoms with Gasteiger partial charge in [0.2, 0.25) is 11.8 Å². The SMILES string of the molecule is Cc1ccc(NC(=O)CN2CCC(C(=O)Nc3ccc(Cl)cn3)CC2)cc1Cl. The molecule has 1 fully saturated rings. The van der Waals surface area contributed by atoms with Gasteiger partial charge < -0.3 is 10.6 Å². The number of halogens is 2. The highest BCUT2D eigenvalue weighted by molar-refractivity contribution is 6.31. The quantitative estimate of drug-likeness (QED) is 0.766. The number of anilines is 2. The topological polar surface area (TPSA) is 74.3 Å². The lowest BCUT2D eigenvalue weighted by atomic mass is 9.96. The lowest BCUT2D eigenvalue weighted by molar-refractivity contribution is -0.121. The summed E-state index contributed by atoms with van der Waals surface area (Å²) < 4.78 is 0. The first kappa shape index (κ1) is 20.6. The lowest BCUT2D eigenvalue weighted by Gasteiger charge is -2.30. The van der Waals surface area contributed by atoms with Crippen LogP contribution in [0, 0.1) is 12.8 Å². The van der Waals surface area contributed by atoms with Crippen molar-refractivity contribution >= 4 is 46.5 Å². The Kier molecular flexibility index (Phi) is 6.88. The molecule has 3 rings (SSSR count). The van der Waals surface area contributed by atoms with E-state index < -0.39 is 0 Å². The molecule has 148 valence electrons. The van der Waals surface area contributed by atoms with Gasteiger partial charge in [-0.05, 0) is 62.7 Å². The normalized spacial score (nSPS) is 15.2. The Morgan fingerprint density at radius 1 is 1.14 bits per heavy atom. The Morgan fingerprint density at radius 2 is 1.89 bits per heavy atom. The Balaban J connectivity index is 1.44. The van der Waals surface area contributed by atoms with Gasteiger partial charge in [-0.2, -0.15) is 0 Å². The minimum Gasteiger partial charge on any atom is -0.325 e. The van der Waals surface area contributed by atoms with Crippen LogP contribution in [0.3, 0.4) is 0 Å². The van der Waals surface area contributed by atoms with Crippen molar-refractivity contribution in [3.63, 3.8) is 0 Å². The van der Waals surface area contributed by atoms with Gasteiger partial charge in [0, 0.05) is 22.8 Å². The molecule has 0 saturated carbocycles. The van der Waals surface area contributed by atoms with Crippen LogP contribution in [-0.4, -0.2) is 41.3 Å². The molecule has 6 nitrogen and oxygen atoms in total. The molecule has 28 heavy (non-hydrogen) atoms. The molecular formula is C20H22Cl2N4O2. The highest BCUT2D eigenvalue weighted by Crippen LogP contribution is 2.21. The number of likely N-dealkylation sites (tertiary alicyclic amines) is 1. The Morgan fingerprint density at radius 3 is 2.54 bits per heavy atom. The van der Waals surface area contributed by atoms with Crippen LogP contribution in [0.2, 0.25) is 10.0 Å². The second kappa shape index (κ2) is 9.37. The number of piperidine rings is 1. The molecule has 0 spiro atoms. The van der Waals surface area contributed by atoms with Gasteiger partial charge in [0.15, 0.2) is 0 Å². The third kappa shape index (κ3) is 5.67. The van der Waals surface area contributed by atoms with Gasteiger partial charge >= 0.3 is 0 Å². The molecule has 8 heteroatoms. The average molecular weight is 421 g/mol. The highest BCUT2D eigenvalue weighted by atomic mass is 35.5. The molecular weight excluding hydrogens is 399 g/mol. The summed E-state index contributed by atoms with van der Waals surface area (Å²) in [5.74, 6) is 0.266. The lowest BCUT2D eigenvalue weighted by Crippen LogP contribution is -2.41. The van der Waals surface area contributed by atoms with Crippen LogP contribution < -0.4 is 10.6 Å². The Hall–Kier alpha value is -2.15. The first-order valence-corrected chi connectivity index (χ1v) is 9.87. The maximum absolute atomic E-state index is 12.4. The number of hydrogen-bond donors (Lipinski definition) is 2. The smallest absolute Gasteiger partial charge is 0.238 e. The zero-order valence-electron chi connectivity index (χ0n) is 15.5. The van der Waals surface area contributed by atoms with Gasteiger partial charge in [0.25, 0.3) is 0 Å². The maximum Gasteiger partial charge on any atom is 0.238 e. The third-order valence-electron chi connectivity index (χ3n) is 4.76. The van der Waals surface area contributed by atoms with Crippen molar-refractivity contribution in [3.8, 4) is 0 Å². The molecule has 1 saturated heterocycles. The van der Waals surface area contributed by atoms with Crippen LogP contribution in [0.1, 0.15) is 18.4 Å². The number of aryl methyl sites for hydroxylation is 1. The summed E-state index contributed by atoms with van der Waals surface area (Å²) >= 11 is 11.9. The number of hydrogen-bond acceptors (Lipinski definition) is 4. The summed E-state index contributed by atoms with van der Waals surface area (Å²) in [5.41, 5.74) is 1.65. The van der Waals surface area contributed by atoms with Gasteiger partial charge in [-0.3, -0.25) is 14.5 Å². The van der Waals surface area contributed by atoms with Crippen LogP contribution in [-0.2, 0) is 9.59 Å². The van der Waals surface area contributed by atoms with Crippen LogP contribution in [0.5, 0.6) is 0 Å². The van der Waals surface area contributed by atoms with Gasteiger partial charge in [-0.15, -0.1) is 0 Å². The van der Waals surface area contributed by atoms with E-state index in [0.717, 1.165) is 5.56 Å². The molecule has 1 aromatic heterocycles. The van der Waals surface area contributed by atoms with Crippen molar-refractivity contribution in [3.05, 3.63) is 52.1 Å². The summed E-state index contributed by atoms with van der Waals surface area (Å²) in [4.78, 5) is 30.8. The summed E-state index contributed by atoms with van der Waals surface area (Å²) in [6.45, 7) is 3.58. The van der Waals surface area contributed by atoms with Crippen molar-refractivity contribution in [1.29, 1.82) is 0 Å². The number of carbonyl (C=O) groups excluding carboxylic acids is 2. The first-order chi connectivity index (χ1) is 13.4. The van der Waals surface area contributed by atoms with Crippen LogP contribution >= 0.6 is 23.2 Å². The predicted octanol–water partition coefficient (Wildman–Crippen LogP) is 3.99. The third-order valence-corrected chi connectivity index (χ3v) is 5.39. The van der Waals surface area contributed by atoms with Crippen molar-refractivity contribution < 1.29 is 9.59 Å². The van der Waals surface area contributed by atoms with E-state index >= 15 is 0 Å². The molecule has 1 aromatic carbocycles. The minimum atomic E-state index is -0.0901. The number of nitrogens with zero attached hydrogens (tertiary/aromatic N) is 2. The molecule has 2 amide bonds. The largest absolute Gasteiger partial charge is 0.325 e. The molecule has 0 atom stereocenters. The highest BCUT2D eigenvalue weighted by Gasteiger charge is 2.26. The fourth-order valence-corrected chi connectivity index (χ4v) is 3.40. The number of aromatic nitrogens is 1. The van der Waals surface area contributed by atoms with Crippen LogP contribution in [0.25, 0.3) is 0 Å². The molecule has 2 heterocycles. The van der Waals surface area contributed by atoms with Gasteiger partial charge in [0.1, 0.15) is 5.82 Å². The van der Waals surface area contributed by atoms with E-state index in [4.69, 9.17) is 23.2 Å². The van der Waals surface area contributed by atoms with E-state index in [1.54, 1.807) is 18.2 Å². The molecule has 1 aliphatic rings. The summed E-state index contributed by atoms with van der Waals surface area (Å²) in [6.07, 6.45) is 2.89. The first-order valence-electron chi connectivity index (χ1n) is 9.11. The van der Waals surface area contributed by atoms with Crippen molar-refractivity contribution in [2.75, 3.05) is 30.3 Å². The summed E-state index contributed by atoms with van der Waals surface area (Å²) in [5, 5.41) is 6.83. The monoisotopic (exact) mass is 420 g/mol. The van der Waals surface area contributed by atoms with Crippen molar-refractivity contribution in [2.24, 2.45) is 5.92 Å². The predicted molar refractivity (Wildman–Crippen MR) is 112 cm³/mol. The van der Waals surface area contributed by atoms with E-state index in [9.17, 15) is 9.59 Å². The molecule has 2 aromatic rings. The maximum atomic E-state index is 12.4. The van der Waals surface area contributed by atoms with E-state index in [1.165, 1.54) is 6.20 Å². The van der Waals surface area contributed by atoms with Crippen LogP contribution in [0.4, 0.5) is 11.5 Å². The fraction of sp³-hybridized carbons (Fsp3) is 0.350. The van der Waals surface area contributed by atoms with Crippen LogP contribution in [0.15, 0.2) is 36.5 Å². The van der Waals surface area contributed by atoms with E-state index in [1.807, 2.05) is 19.1 Å². The molecule has 0 aliphatic carbocycles. The number of pyridine rings is 1. The second-order valence-corrected chi connectivity index (χ2v) is 7.76. The van der Waals surface area contributed by atoms with E-state index in [0.29, 0.717) is 54.0 Å². The average Bonchev–Trinajstić information content (AvgIpc) is 2.67.